The van der Waals surface area contributed by atoms with Crippen molar-refractivity contribution in [2.24, 2.45) is 0 Å². The van der Waals surface area contributed by atoms with E-state index in [4.69, 9.17) is 17.3 Å². The number of anilines is 2. The second-order valence-corrected chi connectivity index (χ2v) is 5.98. The molecule has 0 unspecified atom stereocenters. The van der Waals surface area contributed by atoms with E-state index in [9.17, 15) is 0 Å². The van der Waals surface area contributed by atoms with Crippen LogP contribution < -0.4 is 11.1 Å². The van der Waals surface area contributed by atoms with Gasteiger partial charge in [0.2, 0.25) is 5.95 Å². The Kier molecular flexibility index (Phi) is 5.03. The summed E-state index contributed by atoms with van der Waals surface area (Å²) in [5.41, 5.74) is 5.50. The topological polar surface area (TPSA) is 76.7 Å². The lowest BCUT2D eigenvalue weighted by Crippen LogP contribution is -2.06. The molecule has 0 saturated carbocycles. The van der Waals surface area contributed by atoms with Gasteiger partial charge in [-0.05, 0) is 6.42 Å². The summed E-state index contributed by atoms with van der Waals surface area (Å²) in [5, 5.41) is 5.49. The first-order valence-corrected chi connectivity index (χ1v) is 7.54. The maximum Gasteiger partial charge on any atom is 0.223 e. The largest absolute Gasteiger partial charge is 0.370 e. The Bertz CT molecular complexity index is 471. The van der Waals surface area contributed by atoms with E-state index in [2.05, 4.69) is 20.3 Å². The van der Waals surface area contributed by atoms with E-state index < -0.39 is 0 Å². The van der Waals surface area contributed by atoms with E-state index in [0.717, 1.165) is 23.1 Å². The number of thioether (sulfide) groups is 1. The summed E-state index contributed by atoms with van der Waals surface area (Å²) in [6.45, 7) is 0.811. The van der Waals surface area contributed by atoms with Gasteiger partial charge in [0.1, 0.15) is 15.3 Å². The molecule has 2 aromatic heterocycles. The van der Waals surface area contributed by atoms with Crippen LogP contribution in [0.3, 0.4) is 0 Å². The summed E-state index contributed by atoms with van der Waals surface area (Å²) in [4.78, 5) is 12.0. The number of thiazole rings is 1. The molecule has 18 heavy (non-hydrogen) atoms. The molecule has 96 valence electrons. The van der Waals surface area contributed by atoms with Gasteiger partial charge < -0.3 is 11.1 Å². The molecule has 0 aromatic carbocycles. The number of halogens is 1. The van der Waals surface area contributed by atoms with Gasteiger partial charge in [-0.1, -0.05) is 23.4 Å². The maximum atomic E-state index is 5.78. The highest BCUT2D eigenvalue weighted by molar-refractivity contribution is 8.00. The molecule has 0 aliphatic rings. The highest BCUT2D eigenvalue weighted by Crippen LogP contribution is 2.20. The van der Waals surface area contributed by atoms with Crippen LogP contribution in [0, 0.1) is 0 Å². The van der Waals surface area contributed by atoms with Gasteiger partial charge in [0, 0.05) is 29.9 Å². The van der Waals surface area contributed by atoms with Crippen molar-refractivity contribution in [3.05, 3.63) is 22.8 Å². The fourth-order valence-electron chi connectivity index (χ4n) is 1.26. The van der Waals surface area contributed by atoms with Crippen molar-refractivity contribution in [1.29, 1.82) is 0 Å². The average molecular weight is 302 g/mol. The van der Waals surface area contributed by atoms with Gasteiger partial charge in [-0.25, -0.2) is 9.97 Å². The van der Waals surface area contributed by atoms with E-state index in [1.807, 2.05) is 11.6 Å². The van der Waals surface area contributed by atoms with E-state index in [1.165, 1.54) is 0 Å². The normalized spacial score (nSPS) is 10.5. The smallest absolute Gasteiger partial charge is 0.223 e. The molecular formula is C10H12ClN5S2. The number of nitrogens with one attached hydrogen (secondary N) is 1. The molecule has 8 heteroatoms. The fourth-order valence-corrected chi connectivity index (χ4v) is 3.09. The van der Waals surface area contributed by atoms with Crippen LogP contribution in [0.4, 0.5) is 11.8 Å². The maximum absolute atomic E-state index is 5.78. The number of rotatable bonds is 6. The average Bonchev–Trinajstić information content (AvgIpc) is 2.80. The van der Waals surface area contributed by atoms with Gasteiger partial charge in [-0.3, -0.25) is 0 Å². The predicted molar refractivity (Wildman–Crippen MR) is 77.4 cm³/mol. The molecule has 0 saturated heterocycles. The minimum absolute atomic E-state index is 0.183. The van der Waals surface area contributed by atoms with Crippen LogP contribution in [-0.4, -0.2) is 27.2 Å². The van der Waals surface area contributed by atoms with Crippen LogP contribution in [0.25, 0.3) is 0 Å². The third kappa shape index (κ3) is 4.32. The Morgan fingerprint density at radius 3 is 3.06 bits per heavy atom. The highest BCUT2D eigenvalue weighted by Gasteiger charge is 2.00. The standard InChI is InChI=1S/C10H12ClN5S2/c11-7-6-8(16-9(12)15-7)13-2-1-4-17-10-14-3-5-18-10/h3,5-6H,1-2,4H2,(H3,12,13,15,16). The molecule has 2 heterocycles. The van der Waals surface area contributed by atoms with Crippen LogP contribution >= 0.6 is 34.7 Å². The molecular weight excluding hydrogens is 290 g/mol. The minimum atomic E-state index is 0.183. The Morgan fingerprint density at radius 1 is 1.44 bits per heavy atom. The first kappa shape index (κ1) is 13.4. The predicted octanol–water partition coefficient (Wildman–Crippen LogP) is 2.76. The lowest BCUT2D eigenvalue weighted by molar-refractivity contribution is 0.976. The van der Waals surface area contributed by atoms with Gasteiger partial charge in [0.05, 0.1) is 0 Å². The molecule has 0 atom stereocenters. The van der Waals surface area contributed by atoms with E-state index in [-0.39, 0.29) is 5.95 Å². The number of nitrogens with two attached hydrogens (primary N) is 1. The van der Waals surface area contributed by atoms with Crippen LogP contribution in [0.15, 0.2) is 22.0 Å². The van der Waals surface area contributed by atoms with Crippen molar-refractivity contribution in [3.63, 3.8) is 0 Å². The minimum Gasteiger partial charge on any atom is -0.370 e. The zero-order valence-corrected chi connectivity index (χ0v) is 11.9. The second kappa shape index (κ2) is 6.77. The second-order valence-electron chi connectivity index (χ2n) is 3.36. The molecule has 3 N–H and O–H groups in total. The van der Waals surface area contributed by atoms with Gasteiger partial charge >= 0.3 is 0 Å². The van der Waals surface area contributed by atoms with Gasteiger partial charge in [0.25, 0.3) is 0 Å². The zero-order valence-electron chi connectivity index (χ0n) is 9.47. The SMILES string of the molecule is Nc1nc(Cl)cc(NCCCSc2nccs2)n1. The van der Waals surface area contributed by atoms with Crippen molar-refractivity contribution in [1.82, 2.24) is 15.0 Å². The quantitative estimate of drug-likeness (QED) is 0.485. The van der Waals surface area contributed by atoms with Gasteiger partial charge in [-0.15, -0.1) is 11.3 Å². The summed E-state index contributed by atoms with van der Waals surface area (Å²) in [5.74, 6) is 1.85. The lowest BCUT2D eigenvalue weighted by Gasteiger charge is -2.05. The zero-order chi connectivity index (χ0) is 12.8. The van der Waals surface area contributed by atoms with E-state index in [1.54, 1.807) is 29.2 Å². The van der Waals surface area contributed by atoms with Crippen molar-refractivity contribution >= 4 is 46.5 Å². The molecule has 0 aliphatic carbocycles. The summed E-state index contributed by atoms with van der Waals surface area (Å²) in [6, 6.07) is 1.66. The third-order valence-corrected chi connectivity index (χ3v) is 4.22. The molecule has 2 aromatic rings. The summed E-state index contributed by atoms with van der Waals surface area (Å²) in [7, 11) is 0. The summed E-state index contributed by atoms with van der Waals surface area (Å²) in [6.07, 6.45) is 2.82. The van der Waals surface area contributed by atoms with Crippen LogP contribution in [0.2, 0.25) is 5.15 Å². The van der Waals surface area contributed by atoms with Gasteiger partial charge in [-0.2, -0.15) is 4.98 Å². The van der Waals surface area contributed by atoms with Crippen molar-refractivity contribution in [2.45, 2.75) is 10.8 Å². The molecule has 0 amide bonds. The molecule has 0 fully saturated rings. The highest BCUT2D eigenvalue weighted by atomic mass is 35.5. The van der Waals surface area contributed by atoms with Crippen LogP contribution in [0.5, 0.6) is 0 Å². The Labute approximate surface area is 118 Å². The summed E-state index contributed by atoms with van der Waals surface area (Å²) >= 11 is 9.19. The number of hydrogen-bond donors (Lipinski definition) is 2. The molecule has 2 rings (SSSR count). The molecule has 5 nitrogen and oxygen atoms in total. The molecule has 0 radical (unpaired) electrons. The Balaban J connectivity index is 1.68. The van der Waals surface area contributed by atoms with E-state index >= 15 is 0 Å². The number of hydrogen-bond acceptors (Lipinski definition) is 7. The molecule has 0 spiro atoms. The number of aromatic nitrogens is 3. The van der Waals surface area contributed by atoms with Crippen molar-refractivity contribution < 1.29 is 0 Å². The van der Waals surface area contributed by atoms with Crippen LogP contribution in [0.1, 0.15) is 6.42 Å². The fraction of sp³-hybridized carbons (Fsp3) is 0.300. The van der Waals surface area contributed by atoms with E-state index in [0.29, 0.717) is 11.0 Å². The molecule has 0 aliphatic heterocycles. The Hall–Kier alpha value is -1.05. The summed E-state index contributed by atoms with van der Waals surface area (Å²) < 4.78 is 1.10. The third-order valence-electron chi connectivity index (χ3n) is 1.97. The Morgan fingerprint density at radius 2 is 2.33 bits per heavy atom. The number of nitrogens with zero attached hydrogens (tertiary/aromatic N) is 3. The van der Waals surface area contributed by atoms with Crippen LogP contribution in [-0.2, 0) is 0 Å². The number of nitrogen functional groups attached to an aromatic ring is 1. The first-order chi connectivity index (χ1) is 8.74. The molecule has 0 bridgehead atoms. The monoisotopic (exact) mass is 301 g/mol. The lowest BCUT2D eigenvalue weighted by atomic mass is 10.4. The van der Waals surface area contributed by atoms with Gasteiger partial charge in [0.15, 0.2) is 0 Å². The first-order valence-electron chi connectivity index (χ1n) is 5.30. The van der Waals surface area contributed by atoms with Crippen molar-refractivity contribution in [3.8, 4) is 0 Å². The van der Waals surface area contributed by atoms with Crippen molar-refractivity contribution in [2.75, 3.05) is 23.3 Å².